The highest BCUT2D eigenvalue weighted by Gasteiger charge is 2.41. The van der Waals surface area contributed by atoms with Crippen molar-refractivity contribution in [3.8, 4) is 39.1 Å². The van der Waals surface area contributed by atoms with Gasteiger partial charge in [0.15, 0.2) is 0 Å². The molecule has 0 radical (unpaired) electrons. The molecule has 57 heavy (non-hydrogen) atoms. The molecule has 2 nitrogen and oxygen atoms in total. The lowest BCUT2D eigenvalue weighted by atomic mass is 9.81. The second kappa shape index (κ2) is 12.7. The predicted octanol–water partition coefficient (Wildman–Crippen LogP) is 15.2. The van der Waals surface area contributed by atoms with Crippen LogP contribution in [0.5, 0.6) is 0 Å². The molecule has 0 spiro atoms. The van der Waals surface area contributed by atoms with Crippen molar-refractivity contribution in [3.05, 3.63) is 204 Å². The number of nitrogens with zero attached hydrogens (tertiary/aromatic N) is 2. The summed E-state index contributed by atoms with van der Waals surface area (Å²) in [5.74, 6) is 0. The number of aromatic nitrogens is 1. The summed E-state index contributed by atoms with van der Waals surface area (Å²) in [6.07, 6.45) is 0. The standard InChI is InChI=1S/C54H42N2.CH4/c1-53(2)45-23-12-9-20-43(45)51-46(53)24-15-26-48(51)56(49-27-14-21-42-39-18-8-11-22-44(39)54(3,4)52(42)49)38-31-28-35(29-32-38)36-30-33-41-40-19-10-13-25-47(40)55(50(41)34-36)37-16-6-5-7-17-37;/h5-34H,1-4H3;1H4. The Hall–Kier alpha value is -6.64. The molecule has 0 saturated carbocycles. The van der Waals surface area contributed by atoms with Crippen LogP contribution in [0.4, 0.5) is 17.1 Å². The van der Waals surface area contributed by atoms with E-state index in [1.807, 2.05) is 0 Å². The molecule has 11 rings (SSSR count). The van der Waals surface area contributed by atoms with Gasteiger partial charge < -0.3 is 9.47 Å². The van der Waals surface area contributed by atoms with Crippen LogP contribution < -0.4 is 4.90 Å². The molecular weight excluding hydrogens is 689 g/mol. The topological polar surface area (TPSA) is 8.17 Å². The lowest BCUT2D eigenvalue weighted by molar-refractivity contribution is 0.659. The Labute approximate surface area is 336 Å². The molecule has 8 aromatic carbocycles. The Morgan fingerprint density at radius 3 is 1.79 bits per heavy atom. The Bertz CT molecular complexity index is 3020. The zero-order valence-corrected chi connectivity index (χ0v) is 32.2. The third-order valence-corrected chi connectivity index (χ3v) is 12.8. The molecule has 0 saturated heterocycles. The van der Waals surface area contributed by atoms with Gasteiger partial charge in [-0.05, 0) is 98.6 Å². The Morgan fingerprint density at radius 1 is 0.421 bits per heavy atom. The van der Waals surface area contributed by atoms with E-state index in [1.54, 1.807) is 0 Å². The van der Waals surface area contributed by atoms with Crippen molar-refractivity contribution >= 4 is 38.9 Å². The van der Waals surface area contributed by atoms with Gasteiger partial charge in [-0.2, -0.15) is 0 Å². The fraction of sp³-hybridized carbons (Fsp3) is 0.127. The molecule has 0 amide bonds. The summed E-state index contributed by atoms with van der Waals surface area (Å²) in [6.45, 7) is 9.52. The van der Waals surface area contributed by atoms with E-state index in [9.17, 15) is 0 Å². The van der Waals surface area contributed by atoms with E-state index >= 15 is 0 Å². The van der Waals surface area contributed by atoms with E-state index in [2.05, 4.69) is 219 Å². The van der Waals surface area contributed by atoms with Gasteiger partial charge in [0.2, 0.25) is 0 Å². The minimum Gasteiger partial charge on any atom is -0.310 e. The van der Waals surface area contributed by atoms with Crippen molar-refractivity contribution in [2.75, 3.05) is 4.90 Å². The van der Waals surface area contributed by atoms with Crippen molar-refractivity contribution in [3.63, 3.8) is 0 Å². The van der Waals surface area contributed by atoms with Crippen LogP contribution in [-0.2, 0) is 10.8 Å². The number of anilines is 3. The highest BCUT2D eigenvalue weighted by atomic mass is 15.1. The van der Waals surface area contributed by atoms with E-state index in [0.717, 1.165) is 5.69 Å². The van der Waals surface area contributed by atoms with E-state index in [0.29, 0.717) is 0 Å². The van der Waals surface area contributed by atoms with Gasteiger partial charge in [-0.15, -0.1) is 0 Å². The molecule has 2 aliphatic carbocycles. The van der Waals surface area contributed by atoms with E-state index in [-0.39, 0.29) is 18.3 Å². The van der Waals surface area contributed by atoms with Gasteiger partial charge in [-0.3, -0.25) is 0 Å². The Balaban J connectivity index is 0.00000396. The highest BCUT2D eigenvalue weighted by molar-refractivity contribution is 6.10. The van der Waals surface area contributed by atoms with Crippen molar-refractivity contribution in [2.24, 2.45) is 0 Å². The zero-order valence-electron chi connectivity index (χ0n) is 32.2. The maximum absolute atomic E-state index is 2.55. The number of hydrogen-bond donors (Lipinski definition) is 0. The number of benzene rings is 8. The fourth-order valence-electron chi connectivity index (χ4n) is 10.1. The summed E-state index contributed by atoms with van der Waals surface area (Å²) in [6, 6.07) is 67.4. The molecule has 1 heterocycles. The lowest BCUT2D eigenvalue weighted by Gasteiger charge is -2.33. The van der Waals surface area contributed by atoms with Crippen LogP contribution in [0, 0.1) is 0 Å². The van der Waals surface area contributed by atoms with Crippen LogP contribution >= 0.6 is 0 Å². The van der Waals surface area contributed by atoms with E-state index < -0.39 is 0 Å². The van der Waals surface area contributed by atoms with Crippen molar-refractivity contribution < 1.29 is 0 Å². The first-order valence-corrected chi connectivity index (χ1v) is 19.8. The quantitative estimate of drug-likeness (QED) is 0.171. The average Bonchev–Trinajstić information content (AvgIpc) is 3.79. The van der Waals surface area contributed by atoms with Crippen LogP contribution in [0.2, 0.25) is 0 Å². The maximum atomic E-state index is 2.55. The van der Waals surface area contributed by atoms with Gasteiger partial charge in [-0.1, -0.05) is 169 Å². The minimum absolute atomic E-state index is 0. The van der Waals surface area contributed by atoms with Crippen LogP contribution in [-0.4, -0.2) is 4.57 Å². The van der Waals surface area contributed by atoms with Crippen LogP contribution in [0.3, 0.4) is 0 Å². The van der Waals surface area contributed by atoms with E-state index in [1.165, 1.54) is 94.5 Å². The Morgan fingerprint density at radius 2 is 1.00 bits per heavy atom. The molecule has 0 N–H and O–H groups in total. The largest absolute Gasteiger partial charge is 0.310 e. The number of hydrogen-bond acceptors (Lipinski definition) is 1. The molecule has 276 valence electrons. The second-order valence-electron chi connectivity index (χ2n) is 16.5. The summed E-state index contributed by atoms with van der Waals surface area (Å²) in [7, 11) is 0. The van der Waals surface area contributed by atoms with Crippen molar-refractivity contribution in [1.29, 1.82) is 0 Å². The molecule has 0 aliphatic heterocycles. The highest BCUT2D eigenvalue weighted by Crippen LogP contribution is 2.58. The molecule has 0 fully saturated rings. The molecule has 2 heteroatoms. The third kappa shape index (κ3) is 4.96. The molecule has 0 bridgehead atoms. The van der Waals surface area contributed by atoms with Gasteiger partial charge in [0.1, 0.15) is 0 Å². The normalized spacial score (nSPS) is 14.1. The smallest absolute Gasteiger partial charge is 0.0547 e. The molecule has 9 aromatic rings. The first-order chi connectivity index (χ1) is 27.3. The summed E-state index contributed by atoms with van der Waals surface area (Å²) < 4.78 is 2.40. The lowest BCUT2D eigenvalue weighted by Crippen LogP contribution is -2.21. The van der Waals surface area contributed by atoms with Crippen LogP contribution in [0.25, 0.3) is 60.9 Å². The first kappa shape index (κ1) is 34.8. The van der Waals surface area contributed by atoms with Crippen LogP contribution in [0.15, 0.2) is 182 Å². The summed E-state index contributed by atoms with van der Waals surface area (Å²) in [5.41, 5.74) is 20.1. The Kier molecular flexibility index (Phi) is 7.76. The van der Waals surface area contributed by atoms with Gasteiger partial charge >= 0.3 is 0 Å². The summed E-state index contributed by atoms with van der Waals surface area (Å²) >= 11 is 0. The van der Waals surface area contributed by atoms with Gasteiger partial charge in [0.05, 0.1) is 22.4 Å². The predicted molar refractivity (Wildman–Crippen MR) is 243 cm³/mol. The number of fused-ring (bicyclic) bond motifs is 9. The monoisotopic (exact) mass is 734 g/mol. The first-order valence-electron chi connectivity index (χ1n) is 19.8. The average molecular weight is 735 g/mol. The second-order valence-corrected chi connectivity index (χ2v) is 16.5. The van der Waals surface area contributed by atoms with Gasteiger partial charge in [0.25, 0.3) is 0 Å². The number of rotatable bonds is 5. The summed E-state index contributed by atoms with van der Waals surface area (Å²) in [5, 5.41) is 2.53. The SMILES string of the molecule is C.CC1(C)c2ccccc2-c2c(N(c3ccc(-c4ccc5c6ccccc6n(-c6ccccc6)c5c4)cc3)c3cccc4c3C(C)(C)c3ccccc3-4)cccc21. The third-order valence-electron chi connectivity index (χ3n) is 12.8. The summed E-state index contributed by atoms with van der Waals surface area (Å²) in [4.78, 5) is 2.55. The van der Waals surface area contributed by atoms with Crippen molar-refractivity contribution in [2.45, 2.75) is 46.0 Å². The fourth-order valence-corrected chi connectivity index (χ4v) is 10.1. The molecule has 1 aromatic heterocycles. The molecule has 0 unspecified atom stereocenters. The number of para-hydroxylation sites is 2. The minimum atomic E-state index is -0.178. The van der Waals surface area contributed by atoms with Gasteiger partial charge in [0, 0.05) is 38.5 Å². The van der Waals surface area contributed by atoms with Crippen molar-refractivity contribution in [1.82, 2.24) is 4.57 Å². The molecule has 2 aliphatic rings. The van der Waals surface area contributed by atoms with Crippen LogP contribution in [0.1, 0.15) is 57.4 Å². The van der Waals surface area contributed by atoms with Gasteiger partial charge in [-0.25, -0.2) is 0 Å². The molecule has 0 atom stereocenters. The maximum Gasteiger partial charge on any atom is 0.0547 e. The van der Waals surface area contributed by atoms with E-state index in [4.69, 9.17) is 0 Å². The molecular formula is C55H46N2. The zero-order chi connectivity index (χ0) is 37.8.